The summed E-state index contributed by atoms with van der Waals surface area (Å²) in [6, 6.07) is 14.8. The van der Waals surface area contributed by atoms with E-state index in [0.29, 0.717) is 6.61 Å². The summed E-state index contributed by atoms with van der Waals surface area (Å²) in [5, 5.41) is 0. The third kappa shape index (κ3) is 4.60. The molecule has 0 bridgehead atoms. The largest absolute Gasteiger partial charge is 0.488 e. The highest BCUT2D eigenvalue weighted by Gasteiger charge is 2.11. The first-order valence-corrected chi connectivity index (χ1v) is 8.52. The second kappa shape index (κ2) is 8.23. The van der Waals surface area contributed by atoms with E-state index >= 15 is 0 Å². The lowest BCUT2D eigenvalue weighted by Crippen LogP contribution is -2.03. The van der Waals surface area contributed by atoms with Crippen LogP contribution in [0.2, 0.25) is 0 Å². The van der Waals surface area contributed by atoms with Crippen molar-refractivity contribution in [2.75, 3.05) is 0 Å². The van der Waals surface area contributed by atoms with Gasteiger partial charge < -0.3 is 4.74 Å². The summed E-state index contributed by atoms with van der Waals surface area (Å²) in [4.78, 5) is 0. The van der Waals surface area contributed by atoms with Crippen molar-refractivity contribution < 1.29 is 4.74 Å². The fourth-order valence-corrected chi connectivity index (χ4v) is 3.09. The first kappa shape index (κ1) is 16.1. The van der Waals surface area contributed by atoms with Crippen molar-refractivity contribution in [3.8, 4) is 5.75 Å². The van der Waals surface area contributed by atoms with Crippen LogP contribution in [0.25, 0.3) is 0 Å². The van der Waals surface area contributed by atoms with E-state index in [0.717, 1.165) is 35.9 Å². The Hall–Kier alpha value is -1.28. The van der Waals surface area contributed by atoms with Gasteiger partial charge in [-0.3, -0.25) is 0 Å². The fourth-order valence-electron chi connectivity index (χ4n) is 2.54. The Morgan fingerprint density at radius 3 is 2.00 bits per heavy atom. The molecule has 0 fully saturated rings. The quantitative estimate of drug-likeness (QED) is 0.603. The number of aryl methyl sites for hydroxylation is 2. The summed E-state index contributed by atoms with van der Waals surface area (Å²) in [6.45, 7) is 5.05. The average molecular weight is 347 g/mol. The molecule has 0 atom stereocenters. The molecule has 0 unspecified atom stereocenters. The molecule has 2 aromatic carbocycles. The first-order chi connectivity index (χ1) is 10.2. The molecule has 0 saturated carbocycles. The van der Waals surface area contributed by atoms with E-state index in [1.165, 1.54) is 16.7 Å². The summed E-state index contributed by atoms with van der Waals surface area (Å²) in [6.07, 6.45) is 4.37. The smallest absolute Gasteiger partial charge is 0.126 e. The Labute approximate surface area is 136 Å². The number of ether oxygens (including phenoxy) is 1. The topological polar surface area (TPSA) is 9.23 Å². The van der Waals surface area contributed by atoms with Crippen LogP contribution in [0.3, 0.4) is 0 Å². The molecule has 2 heteroatoms. The van der Waals surface area contributed by atoms with Gasteiger partial charge >= 0.3 is 0 Å². The fraction of sp³-hybridized carbons (Fsp3) is 0.368. The molecule has 21 heavy (non-hydrogen) atoms. The zero-order valence-corrected chi connectivity index (χ0v) is 14.4. The van der Waals surface area contributed by atoms with Gasteiger partial charge in [-0.1, -0.05) is 73.0 Å². The molecule has 0 aromatic heterocycles. The minimum atomic E-state index is 0.635. The van der Waals surface area contributed by atoms with Gasteiger partial charge in [0.25, 0.3) is 0 Å². The normalized spacial score (nSPS) is 10.6. The number of hydrogen-bond acceptors (Lipinski definition) is 1. The van der Waals surface area contributed by atoms with Crippen LogP contribution in [0.5, 0.6) is 5.75 Å². The van der Waals surface area contributed by atoms with Gasteiger partial charge in [0.05, 0.1) is 0 Å². The Balaban J connectivity index is 2.25. The Morgan fingerprint density at radius 2 is 1.48 bits per heavy atom. The standard InChI is InChI=1S/C19H23BrO/c1-3-8-16-12-18(20)13-17(9-4-2)19(16)21-14-15-10-6-5-7-11-15/h5-7,10-13H,3-4,8-9,14H2,1-2H3. The van der Waals surface area contributed by atoms with Crippen molar-refractivity contribution in [2.45, 2.75) is 46.1 Å². The lowest BCUT2D eigenvalue weighted by molar-refractivity contribution is 0.299. The van der Waals surface area contributed by atoms with Crippen molar-refractivity contribution in [2.24, 2.45) is 0 Å². The van der Waals surface area contributed by atoms with E-state index in [1.54, 1.807) is 0 Å². The molecular weight excluding hydrogens is 324 g/mol. The molecule has 0 saturated heterocycles. The van der Waals surface area contributed by atoms with E-state index in [9.17, 15) is 0 Å². The maximum absolute atomic E-state index is 6.19. The molecule has 0 N–H and O–H groups in total. The number of benzene rings is 2. The molecule has 2 aromatic rings. The van der Waals surface area contributed by atoms with Gasteiger partial charge in [-0.15, -0.1) is 0 Å². The first-order valence-electron chi connectivity index (χ1n) is 7.72. The van der Waals surface area contributed by atoms with Crippen molar-refractivity contribution in [1.82, 2.24) is 0 Å². The van der Waals surface area contributed by atoms with Crippen LogP contribution in [0.1, 0.15) is 43.4 Å². The second-order valence-electron chi connectivity index (χ2n) is 5.33. The van der Waals surface area contributed by atoms with Gasteiger partial charge in [0.15, 0.2) is 0 Å². The monoisotopic (exact) mass is 346 g/mol. The van der Waals surface area contributed by atoms with Crippen molar-refractivity contribution >= 4 is 15.9 Å². The van der Waals surface area contributed by atoms with Gasteiger partial charge in [0.2, 0.25) is 0 Å². The number of rotatable bonds is 7. The summed E-state index contributed by atoms with van der Waals surface area (Å²) in [7, 11) is 0. The third-order valence-corrected chi connectivity index (χ3v) is 3.93. The summed E-state index contributed by atoms with van der Waals surface area (Å²) < 4.78 is 7.35. The minimum absolute atomic E-state index is 0.635. The van der Waals surface area contributed by atoms with Crippen LogP contribution in [0, 0.1) is 0 Å². The van der Waals surface area contributed by atoms with Gasteiger partial charge in [-0.25, -0.2) is 0 Å². The van der Waals surface area contributed by atoms with E-state index < -0.39 is 0 Å². The van der Waals surface area contributed by atoms with Crippen LogP contribution in [0.4, 0.5) is 0 Å². The van der Waals surface area contributed by atoms with Gasteiger partial charge in [0.1, 0.15) is 12.4 Å². The van der Waals surface area contributed by atoms with Crippen LogP contribution in [-0.4, -0.2) is 0 Å². The zero-order valence-electron chi connectivity index (χ0n) is 12.9. The lowest BCUT2D eigenvalue weighted by atomic mass is 10.0. The van der Waals surface area contributed by atoms with Gasteiger partial charge in [0, 0.05) is 4.47 Å². The summed E-state index contributed by atoms with van der Waals surface area (Å²) >= 11 is 3.63. The lowest BCUT2D eigenvalue weighted by Gasteiger charge is -2.16. The van der Waals surface area contributed by atoms with Crippen molar-refractivity contribution in [1.29, 1.82) is 0 Å². The molecular formula is C19H23BrO. The zero-order chi connectivity index (χ0) is 15.1. The Morgan fingerprint density at radius 1 is 0.905 bits per heavy atom. The van der Waals surface area contributed by atoms with Gasteiger partial charge in [-0.2, -0.15) is 0 Å². The maximum atomic E-state index is 6.19. The number of hydrogen-bond donors (Lipinski definition) is 0. The highest BCUT2D eigenvalue weighted by molar-refractivity contribution is 9.10. The Kier molecular flexibility index (Phi) is 6.31. The summed E-state index contributed by atoms with van der Waals surface area (Å²) in [5.41, 5.74) is 3.84. The van der Waals surface area contributed by atoms with Crippen LogP contribution in [0.15, 0.2) is 46.9 Å². The Bertz CT molecular complexity index is 536. The molecule has 0 amide bonds. The maximum Gasteiger partial charge on any atom is 0.126 e. The molecule has 0 spiro atoms. The molecule has 0 heterocycles. The predicted molar refractivity (Wildman–Crippen MR) is 92.9 cm³/mol. The highest BCUT2D eigenvalue weighted by atomic mass is 79.9. The van der Waals surface area contributed by atoms with Crippen LogP contribution < -0.4 is 4.74 Å². The molecule has 1 nitrogen and oxygen atoms in total. The van der Waals surface area contributed by atoms with E-state index in [1.807, 2.05) is 6.07 Å². The minimum Gasteiger partial charge on any atom is -0.488 e. The molecule has 0 aliphatic heterocycles. The predicted octanol–water partition coefficient (Wildman–Crippen LogP) is 5.93. The molecule has 0 radical (unpaired) electrons. The molecule has 112 valence electrons. The van der Waals surface area contributed by atoms with E-state index in [-0.39, 0.29) is 0 Å². The van der Waals surface area contributed by atoms with E-state index in [4.69, 9.17) is 4.74 Å². The summed E-state index contributed by atoms with van der Waals surface area (Å²) in [5.74, 6) is 1.09. The van der Waals surface area contributed by atoms with Crippen molar-refractivity contribution in [3.63, 3.8) is 0 Å². The van der Waals surface area contributed by atoms with Crippen LogP contribution >= 0.6 is 15.9 Å². The van der Waals surface area contributed by atoms with Crippen LogP contribution in [-0.2, 0) is 19.4 Å². The van der Waals surface area contributed by atoms with Crippen molar-refractivity contribution in [3.05, 3.63) is 63.6 Å². The third-order valence-electron chi connectivity index (χ3n) is 3.47. The second-order valence-corrected chi connectivity index (χ2v) is 6.24. The molecule has 0 aliphatic carbocycles. The number of halogens is 1. The van der Waals surface area contributed by atoms with E-state index in [2.05, 4.69) is 66.2 Å². The van der Waals surface area contributed by atoms with Gasteiger partial charge in [-0.05, 0) is 41.7 Å². The molecule has 2 rings (SSSR count). The highest BCUT2D eigenvalue weighted by Crippen LogP contribution is 2.31. The molecule has 0 aliphatic rings. The average Bonchev–Trinajstić information content (AvgIpc) is 2.48. The SMILES string of the molecule is CCCc1cc(Br)cc(CCC)c1OCc1ccccc1.